The van der Waals surface area contributed by atoms with Crippen molar-refractivity contribution < 1.29 is 14.7 Å². The van der Waals surface area contributed by atoms with Gasteiger partial charge in [0.05, 0.1) is 5.56 Å². The van der Waals surface area contributed by atoms with Crippen molar-refractivity contribution in [2.24, 2.45) is 11.7 Å². The lowest BCUT2D eigenvalue weighted by Crippen LogP contribution is -2.33. The van der Waals surface area contributed by atoms with E-state index in [9.17, 15) is 9.59 Å². The number of hydrogen-bond acceptors (Lipinski definition) is 3. The van der Waals surface area contributed by atoms with E-state index in [0.717, 1.165) is 6.42 Å². The number of nitrogens with one attached hydrogen (secondary N) is 1. The maximum atomic E-state index is 12.0. The van der Waals surface area contributed by atoms with Gasteiger partial charge in [0.25, 0.3) is 0 Å². The molecule has 0 radical (unpaired) electrons. The Labute approximate surface area is 111 Å². The Kier molecular flexibility index (Phi) is 4.01. The van der Waals surface area contributed by atoms with E-state index in [1.54, 1.807) is 17.0 Å². The van der Waals surface area contributed by atoms with Gasteiger partial charge in [-0.1, -0.05) is 6.07 Å². The number of carboxylic acid groups (broad SMARTS) is 1. The van der Waals surface area contributed by atoms with E-state index >= 15 is 0 Å². The summed E-state index contributed by atoms with van der Waals surface area (Å²) in [6.45, 7) is 1.92. The topological polar surface area (TPSA) is 95.7 Å². The Hall–Kier alpha value is -2.08. The van der Waals surface area contributed by atoms with Crippen LogP contribution in [0.5, 0.6) is 0 Å². The summed E-state index contributed by atoms with van der Waals surface area (Å²) in [7, 11) is 0. The molecule has 0 aliphatic carbocycles. The van der Waals surface area contributed by atoms with Gasteiger partial charge in [-0.05, 0) is 37.1 Å². The summed E-state index contributed by atoms with van der Waals surface area (Å²) in [5, 5.41) is 11.6. The number of aromatic carboxylic acids is 1. The fourth-order valence-electron chi connectivity index (χ4n) is 2.14. The number of urea groups is 1. The van der Waals surface area contributed by atoms with Crippen molar-refractivity contribution in [3.05, 3.63) is 29.8 Å². The number of anilines is 1. The Morgan fingerprint density at radius 1 is 1.47 bits per heavy atom. The second-order valence-corrected chi connectivity index (χ2v) is 4.65. The molecule has 2 rings (SSSR count). The molecule has 0 aromatic heterocycles. The molecular weight excluding hydrogens is 246 g/mol. The van der Waals surface area contributed by atoms with Crippen LogP contribution >= 0.6 is 0 Å². The van der Waals surface area contributed by atoms with Gasteiger partial charge in [0.2, 0.25) is 0 Å². The fraction of sp³-hybridized carbons (Fsp3) is 0.385. The molecule has 1 aliphatic rings. The van der Waals surface area contributed by atoms with Gasteiger partial charge in [0.15, 0.2) is 0 Å². The van der Waals surface area contributed by atoms with Gasteiger partial charge in [-0.15, -0.1) is 0 Å². The van der Waals surface area contributed by atoms with Crippen LogP contribution in [0.4, 0.5) is 10.5 Å². The van der Waals surface area contributed by atoms with Crippen molar-refractivity contribution in [3.8, 4) is 0 Å². The van der Waals surface area contributed by atoms with Crippen molar-refractivity contribution in [3.63, 3.8) is 0 Å². The molecule has 0 bridgehead atoms. The molecule has 1 aromatic carbocycles. The first-order valence-electron chi connectivity index (χ1n) is 6.19. The quantitative estimate of drug-likeness (QED) is 0.763. The first-order valence-corrected chi connectivity index (χ1v) is 6.19. The highest BCUT2D eigenvalue weighted by Gasteiger charge is 2.25. The molecule has 102 valence electrons. The summed E-state index contributed by atoms with van der Waals surface area (Å²) in [6, 6.07) is 5.99. The second kappa shape index (κ2) is 5.71. The molecule has 1 fully saturated rings. The summed E-state index contributed by atoms with van der Waals surface area (Å²) in [5.41, 5.74) is 6.22. The predicted octanol–water partition coefficient (Wildman–Crippen LogP) is 1.20. The number of nitrogens with two attached hydrogens (primary N) is 1. The Bertz CT molecular complexity index is 490. The molecule has 1 aromatic rings. The minimum absolute atomic E-state index is 0.152. The van der Waals surface area contributed by atoms with Crippen molar-refractivity contribution >= 4 is 17.7 Å². The molecule has 1 aliphatic heterocycles. The number of carboxylic acids is 1. The normalized spacial score (nSPS) is 18.4. The number of carbonyl (C=O) groups excluding carboxylic acids is 1. The van der Waals surface area contributed by atoms with E-state index in [4.69, 9.17) is 10.8 Å². The molecule has 19 heavy (non-hydrogen) atoms. The number of carbonyl (C=O) groups is 2. The average molecular weight is 263 g/mol. The lowest BCUT2D eigenvalue weighted by Gasteiger charge is -2.17. The molecule has 2 amide bonds. The van der Waals surface area contributed by atoms with Crippen LogP contribution in [0.2, 0.25) is 0 Å². The highest BCUT2D eigenvalue weighted by molar-refractivity contribution is 5.93. The minimum atomic E-state index is -1.01. The second-order valence-electron chi connectivity index (χ2n) is 4.65. The Balaban J connectivity index is 1.99. The largest absolute Gasteiger partial charge is 0.478 e. The monoisotopic (exact) mass is 263 g/mol. The maximum Gasteiger partial charge on any atom is 0.335 e. The van der Waals surface area contributed by atoms with Crippen LogP contribution in [-0.2, 0) is 0 Å². The summed E-state index contributed by atoms with van der Waals surface area (Å²) in [4.78, 5) is 24.5. The maximum absolute atomic E-state index is 12.0. The van der Waals surface area contributed by atoms with Crippen LogP contribution in [0.25, 0.3) is 0 Å². The molecule has 0 spiro atoms. The highest BCUT2D eigenvalue weighted by atomic mass is 16.4. The predicted molar refractivity (Wildman–Crippen MR) is 71.2 cm³/mol. The molecule has 1 unspecified atom stereocenters. The molecule has 1 saturated heterocycles. The third-order valence-corrected chi connectivity index (χ3v) is 3.27. The lowest BCUT2D eigenvalue weighted by atomic mass is 10.1. The molecule has 1 heterocycles. The van der Waals surface area contributed by atoms with Crippen molar-refractivity contribution in [2.45, 2.75) is 6.42 Å². The van der Waals surface area contributed by atoms with Gasteiger partial charge in [0.1, 0.15) is 0 Å². The summed E-state index contributed by atoms with van der Waals surface area (Å²) in [6.07, 6.45) is 0.916. The summed E-state index contributed by atoms with van der Waals surface area (Å²) >= 11 is 0. The van der Waals surface area contributed by atoms with Crippen molar-refractivity contribution in [1.29, 1.82) is 0 Å². The third-order valence-electron chi connectivity index (χ3n) is 3.27. The fourth-order valence-corrected chi connectivity index (χ4v) is 2.14. The zero-order valence-corrected chi connectivity index (χ0v) is 10.5. The number of rotatable bonds is 3. The van der Waals surface area contributed by atoms with Crippen LogP contribution < -0.4 is 11.1 Å². The average Bonchev–Trinajstić information content (AvgIpc) is 2.88. The SMILES string of the molecule is NCC1CCN(C(=O)Nc2cccc(C(=O)O)c2)C1. The number of amides is 2. The minimum Gasteiger partial charge on any atom is -0.478 e. The number of nitrogens with zero attached hydrogens (tertiary/aromatic N) is 1. The molecule has 6 nitrogen and oxygen atoms in total. The van der Waals surface area contributed by atoms with Gasteiger partial charge < -0.3 is 21.1 Å². The first kappa shape index (κ1) is 13.4. The van der Waals surface area contributed by atoms with E-state index in [1.165, 1.54) is 12.1 Å². The van der Waals surface area contributed by atoms with Crippen LogP contribution in [0.1, 0.15) is 16.8 Å². The van der Waals surface area contributed by atoms with Crippen LogP contribution in [0, 0.1) is 5.92 Å². The van der Waals surface area contributed by atoms with Crippen molar-refractivity contribution in [1.82, 2.24) is 4.90 Å². The Morgan fingerprint density at radius 3 is 2.89 bits per heavy atom. The van der Waals surface area contributed by atoms with E-state index in [-0.39, 0.29) is 11.6 Å². The number of hydrogen-bond donors (Lipinski definition) is 3. The zero-order valence-electron chi connectivity index (χ0n) is 10.5. The third kappa shape index (κ3) is 3.23. The standard InChI is InChI=1S/C13H17N3O3/c14-7-9-4-5-16(8-9)13(19)15-11-3-1-2-10(6-11)12(17)18/h1-3,6,9H,4-5,7-8,14H2,(H,15,19)(H,17,18). The summed E-state index contributed by atoms with van der Waals surface area (Å²) < 4.78 is 0. The smallest absolute Gasteiger partial charge is 0.335 e. The van der Waals surface area contributed by atoms with Crippen LogP contribution in [-0.4, -0.2) is 41.6 Å². The number of benzene rings is 1. The zero-order chi connectivity index (χ0) is 13.8. The molecule has 0 saturated carbocycles. The summed E-state index contributed by atoms with van der Waals surface area (Å²) in [5.74, 6) is -0.656. The molecule has 1 atom stereocenters. The van der Waals surface area contributed by atoms with Crippen LogP contribution in [0.15, 0.2) is 24.3 Å². The molecule has 4 N–H and O–H groups in total. The van der Waals surface area contributed by atoms with Gasteiger partial charge in [-0.3, -0.25) is 0 Å². The van der Waals surface area contributed by atoms with Crippen LogP contribution in [0.3, 0.4) is 0 Å². The van der Waals surface area contributed by atoms with E-state index < -0.39 is 5.97 Å². The van der Waals surface area contributed by atoms with Crippen molar-refractivity contribution in [2.75, 3.05) is 25.0 Å². The molecule has 6 heteroatoms. The first-order chi connectivity index (χ1) is 9.10. The molecular formula is C13H17N3O3. The Morgan fingerprint density at radius 2 is 2.26 bits per heavy atom. The number of likely N-dealkylation sites (tertiary alicyclic amines) is 1. The highest BCUT2D eigenvalue weighted by Crippen LogP contribution is 2.17. The van der Waals surface area contributed by atoms with E-state index in [2.05, 4.69) is 5.32 Å². The van der Waals surface area contributed by atoms with Gasteiger partial charge in [-0.2, -0.15) is 0 Å². The van der Waals surface area contributed by atoms with E-state index in [0.29, 0.717) is 31.2 Å². The van der Waals surface area contributed by atoms with Gasteiger partial charge in [-0.25, -0.2) is 9.59 Å². The van der Waals surface area contributed by atoms with Gasteiger partial charge in [0, 0.05) is 18.8 Å². The van der Waals surface area contributed by atoms with Gasteiger partial charge >= 0.3 is 12.0 Å². The lowest BCUT2D eigenvalue weighted by molar-refractivity contribution is 0.0697. The van der Waals surface area contributed by atoms with E-state index in [1.807, 2.05) is 0 Å².